The van der Waals surface area contributed by atoms with Crippen LogP contribution in [0.15, 0.2) is 0 Å². The Morgan fingerprint density at radius 1 is 0.619 bits per heavy atom. The largest absolute Gasteiger partial charge is 0.631 e. The van der Waals surface area contributed by atoms with Gasteiger partial charge in [-0.05, 0) is 27.1 Å². The topological polar surface area (TPSA) is 63.9 Å². The molecule has 3 N–H and O–H groups in total. The molecule has 0 spiro atoms. The third kappa shape index (κ3) is 33.0. The first-order valence-electron chi connectivity index (χ1n) is 8.69. The van der Waals surface area contributed by atoms with Crippen molar-refractivity contribution in [2.24, 2.45) is 0 Å². The molecule has 4 nitrogen and oxygen atoms in total. The molecule has 0 amide bonds. The van der Waals surface area contributed by atoms with Gasteiger partial charge in [-0.25, -0.2) is 0 Å². The molecule has 128 valence electrons. The molecule has 0 aromatic carbocycles. The third-order valence-electron chi connectivity index (χ3n) is 3.46. The number of nitrogens with zero attached hydrogens (tertiary/aromatic N) is 1. The van der Waals surface area contributed by atoms with Crippen LogP contribution in [-0.2, 0) is 0 Å². The average Bonchev–Trinajstić information content (AvgIpc) is 2.39. The van der Waals surface area contributed by atoms with E-state index in [1.165, 1.54) is 83.6 Å². The summed E-state index contributed by atoms with van der Waals surface area (Å²) in [6.45, 7) is 3.55. The maximum absolute atomic E-state index is 7.17. The van der Waals surface area contributed by atoms with Gasteiger partial charge in [0.15, 0.2) is 0 Å². The van der Waals surface area contributed by atoms with E-state index in [9.17, 15) is 0 Å². The normalized spacial score (nSPS) is 10.4. The van der Waals surface area contributed by atoms with E-state index in [0.717, 1.165) is 0 Å². The Morgan fingerprint density at radius 2 is 0.905 bits per heavy atom. The van der Waals surface area contributed by atoms with Gasteiger partial charge < -0.3 is 20.0 Å². The molecule has 0 unspecified atom stereocenters. The molecule has 0 aliphatic heterocycles. The van der Waals surface area contributed by atoms with Gasteiger partial charge in [-0.3, -0.25) is 0 Å². The van der Waals surface area contributed by atoms with Crippen LogP contribution in [0.2, 0.25) is 0 Å². The second-order valence-corrected chi connectivity index (χ2v) is 6.04. The zero-order valence-corrected chi connectivity index (χ0v) is 14.6. The van der Waals surface area contributed by atoms with E-state index in [0.29, 0.717) is 0 Å². The summed E-state index contributed by atoms with van der Waals surface area (Å²) >= 11 is 0. The van der Waals surface area contributed by atoms with Gasteiger partial charge in [0.2, 0.25) is 0 Å². The molecule has 0 atom stereocenters. The molecule has 0 saturated heterocycles. The summed E-state index contributed by atoms with van der Waals surface area (Å²) in [5, 5.41) is 21.5. The first-order chi connectivity index (χ1) is 10.0. The summed E-state index contributed by atoms with van der Waals surface area (Å²) in [6.07, 6.45) is 17.3. The summed E-state index contributed by atoms with van der Waals surface area (Å²) in [7, 11) is 2.16. The van der Waals surface area contributed by atoms with Crippen molar-refractivity contribution >= 4 is 7.32 Å². The lowest BCUT2D eigenvalue weighted by molar-refractivity contribution is 0.278. The van der Waals surface area contributed by atoms with Crippen LogP contribution in [0.4, 0.5) is 0 Å². The predicted molar refractivity (Wildman–Crippen MR) is 92.0 cm³/mol. The number of unbranched alkanes of at least 4 members (excludes halogenated alkanes) is 11. The van der Waals surface area contributed by atoms with E-state index in [2.05, 4.69) is 25.9 Å². The third-order valence-corrected chi connectivity index (χ3v) is 3.46. The van der Waals surface area contributed by atoms with Crippen LogP contribution in [0, 0.1) is 0 Å². The fourth-order valence-electron chi connectivity index (χ4n) is 2.27. The highest BCUT2D eigenvalue weighted by Crippen LogP contribution is 2.11. The number of rotatable bonds is 13. The molecule has 0 aromatic rings. The van der Waals surface area contributed by atoms with E-state index >= 15 is 0 Å². The molecule has 0 aromatic heterocycles. The first kappa shape index (κ1) is 23.2. The van der Waals surface area contributed by atoms with Crippen LogP contribution >= 0.6 is 0 Å². The van der Waals surface area contributed by atoms with Gasteiger partial charge in [-0.2, -0.15) is 0 Å². The number of hydrogen-bond acceptors (Lipinski definition) is 4. The maximum Gasteiger partial charge on any atom is 0.631 e. The molecule has 0 radical (unpaired) electrons. The molecule has 0 rings (SSSR count). The molecule has 0 aliphatic carbocycles. The molecule has 0 saturated carbocycles. The molecule has 5 heteroatoms. The Morgan fingerprint density at radius 3 is 1.19 bits per heavy atom. The van der Waals surface area contributed by atoms with E-state index < -0.39 is 7.32 Å². The minimum Gasteiger partial charge on any atom is -0.402 e. The van der Waals surface area contributed by atoms with Crippen LogP contribution in [-0.4, -0.2) is 47.9 Å². The minimum absolute atomic E-state index is 1.26. The van der Waals surface area contributed by atoms with Crippen molar-refractivity contribution in [1.82, 2.24) is 4.90 Å². The number of hydrogen-bond donors (Lipinski definition) is 3. The van der Waals surface area contributed by atoms with Crippen LogP contribution in [0.1, 0.15) is 84.0 Å². The van der Waals surface area contributed by atoms with Crippen molar-refractivity contribution in [1.29, 1.82) is 0 Å². The summed E-state index contributed by atoms with van der Waals surface area (Å²) in [5.74, 6) is 0. The van der Waals surface area contributed by atoms with Gasteiger partial charge in [0.25, 0.3) is 0 Å². The zero-order chi connectivity index (χ0) is 16.3. The standard InChI is InChI=1S/C16H35N.BH3O3/c1-4-5-6-7-8-9-10-11-12-13-14-15-16-17(2)3;2-1(3)4/h4-16H2,1-3H3;2-4H. The van der Waals surface area contributed by atoms with Crippen LogP contribution in [0.25, 0.3) is 0 Å². The fourth-order valence-corrected chi connectivity index (χ4v) is 2.27. The summed E-state index contributed by atoms with van der Waals surface area (Å²) in [6, 6.07) is 0. The smallest absolute Gasteiger partial charge is 0.402 e. The first-order valence-corrected chi connectivity index (χ1v) is 8.69. The molecule has 21 heavy (non-hydrogen) atoms. The van der Waals surface area contributed by atoms with Gasteiger partial charge >= 0.3 is 7.32 Å². The minimum atomic E-state index is -2.17. The Labute approximate surface area is 132 Å². The van der Waals surface area contributed by atoms with Gasteiger partial charge in [-0.15, -0.1) is 0 Å². The summed E-state index contributed by atoms with van der Waals surface area (Å²) in [5.41, 5.74) is 0. The lowest BCUT2D eigenvalue weighted by Crippen LogP contribution is -2.12. The Balaban J connectivity index is 0. The quantitative estimate of drug-likeness (QED) is 0.361. The molecule has 0 aliphatic rings. The van der Waals surface area contributed by atoms with E-state index in [-0.39, 0.29) is 0 Å². The van der Waals surface area contributed by atoms with E-state index in [4.69, 9.17) is 15.1 Å². The van der Waals surface area contributed by atoms with Gasteiger partial charge in [0.1, 0.15) is 0 Å². The van der Waals surface area contributed by atoms with Crippen LogP contribution in [0.5, 0.6) is 0 Å². The lowest BCUT2D eigenvalue weighted by Gasteiger charge is -2.08. The van der Waals surface area contributed by atoms with Crippen LogP contribution in [0.3, 0.4) is 0 Å². The highest BCUT2D eigenvalue weighted by atomic mass is 16.5. The van der Waals surface area contributed by atoms with Crippen molar-refractivity contribution < 1.29 is 15.1 Å². The van der Waals surface area contributed by atoms with Crippen molar-refractivity contribution in [3.05, 3.63) is 0 Å². The van der Waals surface area contributed by atoms with Gasteiger partial charge in [0, 0.05) is 0 Å². The second-order valence-electron chi connectivity index (χ2n) is 6.04. The highest BCUT2D eigenvalue weighted by molar-refractivity contribution is 6.30. The Bertz CT molecular complexity index is 178. The van der Waals surface area contributed by atoms with Crippen LogP contribution < -0.4 is 0 Å². The van der Waals surface area contributed by atoms with Crippen molar-refractivity contribution in [3.8, 4) is 0 Å². The summed E-state index contributed by atoms with van der Waals surface area (Å²) in [4.78, 5) is 2.29. The van der Waals surface area contributed by atoms with E-state index in [1.54, 1.807) is 0 Å². The van der Waals surface area contributed by atoms with Gasteiger partial charge in [0.05, 0.1) is 0 Å². The average molecular weight is 303 g/mol. The molecule has 0 bridgehead atoms. The molecular weight excluding hydrogens is 265 g/mol. The van der Waals surface area contributed by atoms with Crippen molar-refractivity contribution in [2.45, 2.75) is 84.0 Å². The second kappa shape index (κ2) is 19.9. The SMILES string of the molecule is CCCCCCCCCCCCCCN(C)C.OB(O)O. The molecule has 0 fully saturated rings. The monoisotopic (exact) mass is 303 g/mol. The van der Waals surface area contributed by atoms with Crippen molar-refractivity contribution in [2.75, 3.05) is 20.6 Å². The maximum atomic E-state index is 7.17. The predicted octanol–water partition coefficient (Wildman–Crippen LogP) is 3.20. The molecule has 0 heterocycles. The zero-order valence-electron chi connectivity index (χ0n) is 14.6. The lowest BCUT2D eigenvalue weighted by atomic mass is 10.1. The molecular formula is C16H38BNO3. The fraction of sp³-hybridized carbons (Fsp3) is 1.00. The van der Waals surface area contributed by atoms with E-state index in [1.807, 2.05) is 0 Å². The Hall–Kier alpha value is -0.0951. The summed E-state index contributed by atoms with van der Waals surface area (Å²) < 4.78 is 0. The van der Waals surface area contributed by atoms with Gasteiger partial charge in [-0.1, -0.05) is 77.6 Å². The highest BCUT2D eigenvalue weighted by Gasteiger charge is 1.94. The van der Waals surface area contributed by atoms with Crippen molar-refractivity contribution in [3.63, 3.8) is 0 Å². The Kier molecular flexibility index (Phi) is 22.0.